The van der Waals surface area contributed by atoms with Gasteiger partial charge in [-0.1, -0.05) is 12.1 Å². The molecule has 1 unspecified atom stereocenters. The van der Waals surface area contributed by atoms with Gasteiger partial charge in [-0.25, -0.2) is 0 Å². The van der Waals surface area contributed by atoms with Gasteiger partial charge < -0.3 is 14.0 Å². The number of aromatic nitrogens is 3. The van der Waals surface area contributed by atoms with Crippen LogP contribution in [0.3, 0.4) is 0 Å². The number of methoxy groups -OCH3 is 1. The number of fused-ring (bicyclic) bond motifs is 1. The Kier molecular flexibility index (Phi) is 7.74. The van der Waals surface area contributed by atoms with E-state index in [0.29, 0.717) is 18.4 Å². The van der Waals surface area contributed by atoms with Crippen LogP contribution in [0.5, 0.6) is 5.75 Å². The molecule has 0 saturated carbocycles. The molecular formula is C17H19N3NaO3S. The Labute approximate surface area is 171 Å². The van der Waals surface area contributed by atoms with Crippen molar-refractivity contribution in [1.82, 2.24) is 15.0 Å². The van der Waals surface area contributed by atoms with Crippen LogP contribution in [-0.4, -0.2) is 69.4 Å². The van der Waals surface area contributed by atoms with Gasteiger partial charge in [-0.3, -0.25) is 9.97 Å². The van der Waals surface area contributed by atoms with Gasteiger partial charge in [0, 0.05) is 59.6 Å². The number of H-pyrrole nitrogens is 1. The largest absolute Gasteiger partial charge is 0.609 e. The minimum absolute atomic E-state index is 0. The molecule has 3 aromatic rings. The molecule has 0 spiro atoms. The summed E-state index contributed by atoms with van der Waals surface area (Å²) in [4.78, 5) is 11.8. The number of benzene rings is 1. The molecular weight excluding hydrogens is 349 g/mol. The van der Waals surface area contributed by atoms with Crippen molar-refractivity contribution in [3.8, 4) is 5.75 Å². The fourth-order valence-corrected chi connectivity index (χ4v) is 3.43. The van der Waals surface area contributed by atoms with Gasteiger partial charge in [0.1, 0.15) is 12.4 Å². The number of aromatic amines is 1. The minimum Gasteiger partial charge on any atom is -0.609 e. The number of ether oxygens (including phenoxy) is 2. The van der Waals surface area contributed by atoms with Crippen LogP contribution < -0.4 is 4.74 Å². The maximum Gasteiger partial charge on any atom is 0.322 e. The predicted octanol–water partition coefficient (Wildman–Crippen LogP) is 2.22. The van der Waals surface area contributed by atoms with Crippen LogP contribution >= 0.6 is 0 Å². The van der Waals surface area contributed by atoms with Crippen molar-refractivity contribution in [2.45, 2.75) is 17.8 Å². The molecule has 1 aromatic carbocycles. The summed E-state index contributed by atoms with van der Waals surface area (Å²) in [5, 5.41) is 0.461. The van der Waals surface area contributed by atoms with E-state index in [4.69, 9.17) is 9.47 Å². The molecule has 2 heterocycles. The third-order valence-electron chi connectivity index (χ3n) is 3.65. The van der Waals surface area contributed by atoms with Crippen LogP contribution in [0, 0.1) is 6.92 Å². The van der Waals surface area contributed by atoms with E-state index in [0.717, 1.165) is 28.0 Å². The first-order valence-corrected chi connectivity index (χ1v) is 8.90. The molecule has 0 aliphatic rings. The number of nitrogens with zero attached hydrogens (tertiary/aromatic N) is 2. The first-order chi connectivity index (χ1) is 11.7. The summed E-state index contributed by atoms with van der Waals surface area (Å²) >= 11 is -1.30. The first-order valence-electron chi connectivity index (χ1n) is 7.58. The van der Waals surface area contributed by atoms with E-state index in [9.17, 15) is 4.55 Å². The van der Waals surface area contributed by atoms with Gasteiger partial charge in [-0.05, 0) is 25.1 Å². The van der Waals surface area contributed by atoms with Crippen molar-refractivity contribution in [3.05, 3.63) is 47.8 Å². The van der Waals surface area contributed by atoms with E-state index in [1.807, 2.05) is 31.2 Å². The maximum absolute atomic E-state index is 12.6. The molecule has 0 amide bonds. The number of pyridine rings is 1. The summed E-state index contributed by atoms with van der Waals surface area (Å²) < 4.78 is 23.3. The van der Waals surface area contributed by atoms with E-state index in [1.54, 1.807) is 19.4 Å². The SMILES string of the molecule is COCCOc1ccnc(C[S+]([O-])c2nc3ccccc3[nH]2)c1C.[Na]. The fourth-order valence-electron chi connectivity index (χ4n) is 2.33. The Balaban J connectivity index is 0.00000225. The summed E-state index contributed by atoms with van der Waals surface area (Å²) in [5.74, 6) is 1.02. The van der Waals surface area contributed by atoms with Crippen molar-refractivity contribution >= 4 is 51.8 Å². The Bertz CT molecular complexity index is 795. The van der Waals surface area contributed by atoms with Gasteiger partial charge in [-0.2, -0.15) is 4.98 Å². The molecule has 0 fully saturated rings. The second-order valence-electron chi connectivity index (χ2n) is 5.27. The van der Waals surface area contributed by atoms with E-state index >= 15 is 0 Å². The van der Waals surface area contributed by atoms with Crippen LogP contribution in [0.15, 0.2) is 41.7 Å². The smallest absolute Gasteiger partial charge is 0.322 e. The zero-order valence-electron chi connectivity index (χ0n) is 14.6. The summed E-state index contributed by atoms with van der Waals surface area (Å²) in [6.45, 7) is 2.90. The van der Waals surface area contributed by atoms with Crippen LogP contribution in [0.25, 0.3) is 11.0 Å². The Morgan fingerprint density at radius 2 is 2.00 bits per heavy atom. The van der Waals surface area contributed by atoms with Gasteiger partial charge in [0.15, 0.2) is 5.75 Å². The second-order valence-corrected chi connectivity index (χ2v) is 6.64. The molecule has 0 aliphatic heterocycles. The second kappa shape index (κ2) is 9.56. The van der Waals surface area contributed by atoms with Gasteiger partial charge in [0.05, 0.1) is 23.3 Å². The van der Waals surface area contributed by atoms with Crippen molar-refractivity contribution in [1.29, 1.82) is 0 Å². The number of hydrogen-bond acceptors (Lipinski definition) is 5. The molecule has 2 aromatic heterocycles. The van der Waals surface area contributed by atoms with Gasteiger partial charge in [0.25, 0.3) is 0 Å². The number of hydrogen-bond donors (Lipinski definition) is 1. The fraction of sp³-hybridized carbons (Fsp3) is 0.294. The molecule has 25 heavy (non-hydrogen) atoms. The molecule has 1 atom stereocenters. The topological polar surface area (TPSA) is 83.1 Å². The standard InChI is InChI=1S/C17H19N3O3S.Na/c1-12-15(18-8-7-16(12)23-10-9-22-2)11-24(21)17-19-13-5-3-4-6-14(13)20-17;/h3-8H,9-11H2,1-2H3,(H,19,20);. The van der Waals surface area contributed by atoms with Gasteiger partial charge >= 0.3 is 5.16 Å². The summed E-state index contributed by atoms with van der Waals surface area (Å²) in [6, 6.07) is 9.43. The average Bonchev–Trinajstić information content (AvgIpc) is 3.02. The number of nitrogens with one attached hydrogen (secondary N) is 1. The normalized spacial score (nSPS) is 12.0. The maximum atomic E-state index is 12.6. The zero-order chi connectivity index (χ0) is 16.9. The summed E-state index contributed by atoms with van der Waals surface area (Å²) in [5.41, 5.74) is 3.31. The van der Waals surface area contributed by atoms with Gasteiger partial charge in [-0.15, -0.1) is 0 Å². The third-order valence-corrected chi connectivity index (χ3v) is 4.82. The molecule has 3 rings (SSSR count). The van der Waals surface area contributed by atoms with E-state index < -0.39 is 11.2 Å². The molecule has 127 valence electrons. The van der Waals surface area contributed by atoms with Crippen LogP contribution in [0.2, 0.25) is 0 Å². The van der Waals surface area contributed by atoms with Crippen molar-refractivity contribution < 1.29 is 14.0 Å². The monoisotopic (exact) mass is 368 g/mol. The summed E-state index contributed by atoms with van der Waals surface area (Å²) in [6.07, 6.45) is 1.67. The molecule has 0 bridgehead atoms. The van der Waals surface area contributed by atoms with Crippen molar-refractivity contribution in [2.24, 2.45) is 0 Å². The molecule has 6 nitrogen and oxygen atoms in total. The molecule has 8 heteroatoms. The molecule has 1 N–H and O–H groups in total. The number of para-hydroxylation sites is 2. The Morgan fingerprint density at radius 3 is 2.76 bits per heavy atom. The Hall–Kier alpha value is -1.09. The van der Waals surface area contributed by atoms with Crippen molar-refractivity contribution in [3.63, 3.8) is 0 Å². The molecule has 0 saturated heterocycles. The van der Waals surface area contributed by atoms with Crippen LogP contribution in [0.4, 0.5) is 0 Å². The predicted molar refractivity (Wildman–Crippen MR) is 98.3 cm³/mol. The molecule has 1 radical (unpaired) electrons. The van der Waals surface area contributed by atoms with Crippen molar-refractivity contribution in [2.75, 3.05) is 20.3 Å². The number of rotatable bonds is 7. The van der Waals surface area contributed by atoms with Gasteiger partial charge in [0.2, 0.25) is 0 Å². The quantitative estimate of drug-likeness (QED) is 0.393. The molecule has 0 aliphatic carbocycles. The summed E-state index contributed by atoms with van der Waals surface area (Å²) in [7, 11) is 1.63. The first kappa shape index (κ1) is 20.2. The zero-order valence-corrected chi connectivity index (χ0v) is 17.4. The number of imidazole rings is 1. The van der Waals surface area contributed by atoms with E-state index in [2.05, 4.69) is 15.0 Å². The Morgan fingerprint density at radius 1 is 1.20 bits per heavy atom. The van der Waals surface area contributed by atoms with Crippen LogP contribution in [0.1, 0.15) is 11.3 Å². The minimum atomic E-state index is -1.30. The third kappa shape index (κ3) is 4.97. The van der Waals surface area contributed by atoms with E-state index in [-0.39, 0.29) is 35.3 Å². The average molecular weight is 368 g/mol. The van der Waals surface area contributed by atoms with Crippen LogP contribution in [-0.2, 0) is 21.7 Å². The van der Waals surface area contributed by atoms with E-state index in [1.165, 1.54) is 0 Å².